The Morgan fingerprint density at radius 2 is 1.95 bits per heavy atom. The van der Waals surface area contributed by atoms with Crippen LogP contribution in [0.5, 0.6) is 0 Å². The molecule has 0 spiro atoms. The second-order valence-corrected chi connectivity index (χ2v) is 3.84. The van der Waals surface area contributed by atoms with E-state index in [0.717, 1.165) is 5.56 Å². The van der Waals surface area contributed by atoms with Crippen molar-refractivity contribution in [1.82, 2.24) is 5.43 Å². The van der Waals surface area contributed by atoms with E-state index in [9.17, 15) is 9.18 Å². The number of urea groups is 1. The molecule has 0 unspecified atom stereocenters. The number of nitrogens with one attached hydrogen (secondary N) is 1. The molecule has 2 rings (SSSR count). The van der Waals surface area contributed by atoms with Crippen LogP contribution in [0.2, 0.25) is 0 Å². The van der Waals surface area contributed by atoms with Crippen LogP contribution in [-0.2, 0) is 0 Å². The standard InChI is InChI=1S/C14H12FN3O/c15-13-8-10(9-17-18-14(16)19)6-7-12(13)11-4-2-1-3-5-11/h1-9H,(H3,16,18,19). The molecule has 5 heteroatoms. The Balaban J connectivity index is 2.23. The SMILES string of the molecule is NC(=O)NN=Cc1ccc(-c2ccccc2)c(F)c1. The van der Waals surface area contributed by atoms with Crippen molar-refractivity contribution in [2.45, 2.75) is 0 Å². The van der Waals surface area contributed by atoms with Crippen LogP contribution in [0.3, 0.4) is 0 Å². The lowest BCUT2D eigenvalue weighted by Crippen LogP contribution is -2.24. The fraction of sp³-hybridized carbons (Fsp3) is 0. The number of carbonyl (C=O) groups is 1. The maximum atomic E-state index is 13.9. The topological polar surface area (TPSA) is 67.5 Å². The summed E-state index contributed by atoms with van der Waals surface area (Å²) in [4.78, 5) is 10.4. The first-order valence-corrected chi connectivity index (χ1v) is 5.60. The summed E-state index contributed by atoms with van der Waals surface area (Å²) in [6.45, 7) is 0. The number of carbonyl (C=O) groups excluding carboxylic acids is 1. The third-order valence-corrected chi connectivity index (χ3v) is 2.47. The third-order valence-electron chi connectivity index (χ3n) is 2.47. The van der Waals surface area contributed by atoms with Crippen LogP contribution in [-0.4, -0.2) is 12.2 Å². The first kappa shape index (κ1) is 12.8. The number of halogens is 1. The van der Waals surface area contributed by atoms with Gasteiger partial charge < -0.3 is 5.73 Å². The van der Waals surface area contributed by atoms with Crippen LogP contribution in [0.15, 0.2) is 53.6 Å². The average Bonchev–Trinajstić information content (AvgIpc) is 2.39. The second-order valence-electron chi connectivity index (χ2n) is 3.84. The van der Waals surface area contributed by atoms with E-state index in [4.69, 9.17) is 5.73 Å². The fourth-order valence-electron chi connectivity index (χ4n) is 1.63. The van der Waals surface area contributed by atoms with Gasteiger partial charge >= 0.3 is 6.03 Å². The molecule has 0 bridgehead atoms. The molecule has 4 nitrogen and oxygen atoms in total. The molecule has 2 amide bonds. The Hall–Kier alpha value is -2.69. The summed E-state index contributed by atoms with van der Waals surface area (Å²) >= 11 is 0. The summed E-state index contributed by atoms with van der Waals surface area (Å²) in [5, 5.41) is 3.57. The summed E-state index contributed by atoms with van der Waals surface area (Å²) in [7, 11) is 0. The molecule has 0 saturated carbocycles. The van der Waals surface area contributed by atoms with Crippen molar-refractivity contribution < 1.29 is 9.18 Å². The Morgan fingerprint density at radius 1 is 1.21 bits per heavy atom. The van der Waals surface area contributed by atoms with Gasteiger partial charge in [-0.15, -0.1) is 0 Å². The van der Waals surface area contributed by atoms with Crippen LogP contribution in [0, 0.1) is 5.82 Å². The lowest BCUT2D eigenvalue weighted by Gasteiger charge is -2.04. The average molecular weight is 257 g/mol. The molecule has 0 radical (unpaired) electrons. The summed E-state index contributed by atoms with van der Waals surface area (Å²) in [6, 6.07) is 13.2. The minimum Gasteiger partial charge on any atom is -0.350 e. The molecule has 2 aromatic rings. The number of hydrazone groups is 1. The minimum absolute atomic E-state index is 0.353. The lowest BCUT2D eigenvalue weighted by molar-refractivity contribution is 0.249. The van der Waals surface area contributed by atoms with E-state index in [1.807, 2.05) is 35.8 Å². The van der Waals surface area contributed by atoms with Crippen molar-refractivity contribution in [3.05, 3.63) is 59.9 Å². The predicted molar refractivity (Wildman–Crippen MR) is 72.1 cm³/mol. The molecule has 0 aromatic heterocycles. The fourth-order valence-corrected chi connectivity index (χ4v) is 1.63. The summed E-state index contributed by atoms with van der Waals surface area (Å²) in [6.07, 6.45) is 1.32. The van der Waals surface area contributed by atoms with Crippen molar-refractivity contribution in [1.29, 1.82) is 0 Å². The highest BCUT2D eigenvalue weighted by molar-refractivity contribution is 5.82. The van der Waals surface area contributed by atoms with Gasteiger partial charge in [-0.1, -0.05) is 42.5 Å². The van der Waals surface area contributed by atoms with Gasteiger partial charge in [0.25, 0.3) is 0 Å². The first-order valence-electron chi connectivity index (χ1n) is 5.60. The van der Waals surface area contributed by atoms with E-state index in [2.05, 4.69) is 5.10 Å². The molecule has 0 fully saturated rings. The summed E-state index contributed by atoms with van der Waals surface area (Å²) in [5.74, 6) is -0.353. The van der Waals surface area contributed by atoms with Crippen molar-refractivity contribution in [2.24, 2.45) is 10.8 Å². The monoisotopic (exact) mass is 257 g/mol. The molecular weight excluding hydrogens is 245 g/mol. The molecule has 96 valence electrons. The third kappa shape index (κ3) is 3.38. The first-order chi connectivity index (χ1) is 9.16. The van der Waals surface area contributed by atoms with Gasteiger partial charge in [0.2, 0.25) is 0 Å². The zero-order valence-corrected chi connectivity index (χ0v) is 10.0. The van der Waals surface area contributed by atoms with E-state index >= 15 is 0 Å². The number of benzene rings is 2. The molecule has 19 heavy (non-hydrogen) atoms. The highest BCUT2D eigenvalue weighted by Gasteiger charge is 2.04. The Kier molecular flexibility index (Phi) is 3.87. The molecule has 2 aromatic carbocycles. The zero-order chi connectivity index (χ0) is 13.7. The van der Waals surface area contributed by atoms with E-state index in [1.54, 1.807) is 12.1 Å². The van der Waals surface area contributed by atoms with Gasteiger partial charge in [-0.25, -0.2) is 14.6 Å². The van der Waals surface area contributed by atoms with E-state index in [0.29, 0.717) is 11.1 Å². The number of nitrogens with two attached hydrogens (primary N) is 1. The van der Waals surface area contributed by atoms with E-state index < -0.39 is 6.03 Å². The summed E-state index contributed by atoms with van der Waals surface area (Å²) in [5.41, 5.74) is 8.75. The molecule has 0 aliphatic heterocycles. The number of primary amides is 1. The van der Waals surface area contributed by atoms with Gasteiger partial charge in [0, 0.05) is 5.56 Å². The highest BCUT2D eigenvalue weighted by atomic mass is 19.1. The van der Waals surface area contributed by atoms with Gasteiger partial charge in [-0.05, 0) is 17.2 Å². The van der Waals surface area contributed by atoms with Gasteiger partial charge in [-0.3, -0.25) is 0 Å². The normalized spacial score (nSPS) is 10.6. The molecule has 3 N–H and O–H groups in total. The van der Waals surface area contributed by atoms with E-state index in [1.165, 1.54) is 12.3 Å². The molecule has 0 heterocycles. The van der Waals surface area contributed by atoms with Crippen molar-refractivity contribution in [3.63, 3.8) is 0 Å². The second kappa shape index (κ2) is 5.77. The van der Waals surface area contributed by atoms with Gasteiger partial charge in [0.15, 0.2) is 0 Å². The molecule has 0 aliphatic rings. The van der Waals surface area contributed by atoms with E-state index in [-0.39, 0.29) is 5.82 Å². The van der Waals surface area contributed by atoms with Crippen molar-refractivity contribution in [2.75, 3.05) is 0 Å². The number of hydrogen-bond donors (Lipinski definition) is 2. The molecule has 0 atom stereocenters. The summed E-state index contributed by atoms with van der Waals surface area (Å²) < 4.78 is 13.9. The Morgan fingerprint density at radius 3 is 2.58 bits per heavy atom. The highest BCUT2D eigenvalue weighted by Crippen LogP contribution is 2.22. The van der Waals surface area contributed by atoms with Crippen LogP contribution < -0.4 is 11.2 Å². The Labute approximate surface area is 109 Å². The minimum atomic E-state index is -0.766. The lowest BCUT2D eigenvalue weighted by atomic mass is 10.0. The smallest absolute Gasteiger partial charge is 0.332 e. The van der Waals surface area contributed by atoms with Gasteiger partial charge in [0.05, 0.1) is 6.21 Å². The van der Waals surface area contributed by atoms with Crippen LogP contribution in [0.1, 0.15) is 5.56 Å². The van der Waals surface area contributed by atoms with Crippen molar-refractivity contribution >= 4 is 12.2 Å². The van der Waals surface area contributed by atoms with Gasteiger partial charge in [0.1, 0.15) is 5.82 Å². The van der Waals surface area contributed by atoms with Crippen LogP contribution >= 0.6 is 0 Å². The largest absolute Gasteiger partial charge is 0.350 e. The molecule has 0 saturated heterocycles. The quantitative estimate of drug-likeness (QED) is 0.643. The predicted octanol–water partition coefficient (Wildman–Crippen LogP) is 2.49. The zero-order valence-electron chi connectivity index (χ0n) is 10.0. The number of nitrogens with zero attached hydrogens (tertiary/aromatic N) is 1. The van der Waals surface area contributed by atoms with Gasteiger partial charge in [-0.2, -0.15) is 5.10 Å². The Bertz CT molecular complexity index is 611. The van der Waals surface area contributed by atoms with Crippen LogP contribution in [0.25, 0.3) is 11.1 Å². The number of hydrogen-bond acceptors (Lipinski definition) is 2. The molecular formula is C14H12FN3O. The maximum Gasteiger partial charge on any atom is 0.332 e. The molecule has 0 aliphatic carbocycles. The number of amides is 2. The van der Waals surface area contributed by atoms with Crippen LogP contribution in [0.4, 0.5) is 9.18 Å². The number of rotatable bonds is 3. The maximum absolute atomic E-state index is 13.9. The van der Waals surface area contributed by atoms with Crippen molar-refractivity contribution in [3.8, 4) is 11.1 Å².